The van der Waals surface area contributed by atoms with Gasteiger partial charge in [-0.05, 0) is 25.5 Å². The lowest BCUT2D eigenvalue weighted by molar-refractivity contribution is 0.572. The van der Waals surface area contributed by atoms with E-state index in [4.69, 9.17) is 5.14 Å². The Morgan fingerprint density at radius 2 is 1.83 bits per heavy atom. The predicted molar refractivity (Wildman–Crippen MR) is 107 cm³/mol. The van der Waals surface area contributed by atoms with E-state index in [0.717, 1.165) is 34.6 Å². The molecular weight excluding hydrogens is 393 g/mol. The van der Waals surface area contributed by atoms with Crippen LogP contribution in [0.3, 0.4) is 0 Å². The SMILES string of the molecule is Cc1ncc2nc(C)n(Cc3ncc(S(N)(=O)=O)cc3F)c2c1-c1ccccc1. The molecule has 9 heteroatoms. The number of rotatable bonds is 4. The fraction of sp³-hybridized carbons (Fsp3) is 0.150. The van der Waals surface area contributed by atoms with Crippen LogP contribution in [-0.4, -0.2) is 27.9 Å². The van der Waals surface area contributed by atoms with Crippen LogP contribution >= 0.6 is 0 Å². The van der Waals surface area contributed by atoms with Gasteiger partial charge in [-0.3, -0.25) is 9.97 Å². The number of nitrogens with two attached hydrogens (primary N) is 1. The Labute approximate surface area is 167 Å². The van der Waals surface area contributed by atoms with Crippen LogP contribution in [0.5, 0.6) is 0 Å². The van der Waals surface area contributed by atoms with Crippen molar-refractivity contribution >= 4 is 21.1 Å². The molecule has 0 spiro atoms. The van der Waals surface area contributed by atoms with Gasteiger partial charge in [0.05, 0.1) is 24.0 Å². The number of hydrogen-bond acceptors (Lipinski definition) is 5. The molecule has 4 aromatic rings. The van der Waals surface area contributed by atoms with Crippen LogP contribution in [0.2, 0.25) is 0 Å². The highest BCUT2D eigenvalue weighted by molar-refractivity contribution is 7.89. The van der Waals surface area contributed by atoms with Gasteiger partial charge in [0.15, 0.2) is 0 Å². The normalized spacial score (nSPS) is 11.9. The second-order valence-corrected chi connectivity index (χ2v) is 8.27. The van der Waals surface area contributed by atoms with Crippen molar-refractivity contribution in [2.24, 2.45) is 5.14 Å². The van der Waals surface area contributed by atoms with Gasteiger partial charge >= 0.3 is 0 Å². The molecule has 29 heavy (non-hydrogen) atoms. The average Bonchev–Trinajstić information content (AvgIpc) is 2.98. The zero-order valence-electron chi connectivity index (χ0n) is 15.8. The molecule has 148 valence electrons. The van der Waals surface area contributed by atoms with E-state index >= 15 is 0 Å². The van der Waals surface area contributed by atoms with Crippen molar-refractivity contribution in [1.29, 1.82) is 0 Å². The number of halogens is 1. The number of benzene rings is 1. The molecule has 0 unspecified atom stereocenters. The molecule has 3 heterocycles. The number of aromatic nitrogens is 4. The maximum Gasteiger partial charge on any atom is 0.239 e. The largest absolute Gasteiger partial charge is 0.321 e. The monoisotopic (exact) mass is 411 g/mol. The van der Waals surface area contributed by atoms with Crippen molar-refractivity contribution in [3.05, 3.63) is 71.8 Å². The molecule has 7 nitrogen and oxygen atoms in total. The quantitative estimate of drug-likeness (QED) is 0.556. The van der Waals surface area contributed by atoms with Gasteiger partial charge < -0.3 is 4.57 Å². The topological polar surface area (TPSA) is 104 Å². The maximum absolute atomic E-state index is 14.6. The summed E-state index contributed by atoms with van der Waals surface area (Å²) in [5.74, 6) is -0.0777. The van der Waals surface area contributed by atoms with Crippen LogP contribution in [0, 0.1) is 19.7 Å². The Morgan fingerprint density at radius 3 is 2.48 bits per heavy atom. The molecule has 0 bridgehead atoms. The van der Waals surface area contributed by atoms with Crippen LogP contribution in [0.4, 0.5) is 4.39 Å². The summed E-state index contributed by atoms with van der Waals surface area (Å²) in [5, 5.41) is 5.05. The number of hydrogen-bond donors (Lipinski definition) is 1. The first kappa shape index (κ1) is 19.2. The summed E-state index contributed by atoms with van der Waals surface area (Å²) in [5.41, 5.74) is 4.30. The number of primary sulfonamides is 1. The summed E-state index contributed by atoms with van der Waals surface area (Å²) in [6.07, 6.45) is 2.75. The van der Waals surface area contributed by atoms with Crippen molar-refractivity contribution < 1.29 is 12.8 Å². The minimum absolute atomic E-state index is 0.0857. The molecule has 0 saturated carbocycles. The molecule has 0 radical (unpaired) electrons. The third kappa shape index (κ3) is 3.50. The Morgan fingerprint density at radius 1 is 1.10 bits per heavy atom. The third-order valence-corrected chi connectivity index (χ3v) is 5.64. The van der Waals surface area contributed by atoms with E-state index in [1.165, 1.54) is 0 Å². The van der Waals surface area contributed by atoms with Gasteiger partial charge in [0.25, 0.3) is 0 Å². The Kier molecular flexibility index (Phi) is 4.64. The van der Waals surface area contributed by atoms with Gasteiger partial charge in [0.1, 0.15) is 22.1 Å². The zero-order valence-corrected chi connectivity index (χ0v) is 16.6. The standard InChI is InChI=1S/C20H18FN5O2S/c1-12-19(14-6-4-3-5-7-14)20-17(10-23-12)25-13(2)26(20)11-18-16(21)8-15(9-24-18)29(22,27)28/h3-10H,11H2,1-2H3,(H2,22,27,28). The van der Waals surface area contributed by atoms with Crippen LogP contribution < -0.4 is 5.14 Å². The van der Waals surface area contributed by atoms with E-state index in [2.05, 4.69) is 15.0 Å². The van der Waals surface area contributed by atoms with Crippen LogP contribution in [-0.2, 0) is 16.6 Å². The van der Waals surface area contributed by atoms with E-state index in [0.29, 0.717) is 11.3 Å². The van der Waals surface area contributed by atoms with Crippen molar-refractivity contribution in [2.75, 3.05) is 0 Å². The minimum atomic E-state index is -4.03. The highest BCUT2D eigenvalue weighted by Crippen LogP contribution is 2.31. The number of nitrogens with zero attached hydrogens (tertiary/aromatic N) is 4. The summed E-state index contributed by atoms with van der Waals surface area (Å²) in [4.78, 5) is 12.6. The van der Waals surface area contributed by atoms with E-state index < -0.39 is 15.8 Å². The number of imidazole rings is 1. The van der Waals surface area contributed by atoms with Crippen LogP contribution in [0.25, 0.3) is 22.2 Å². The number of sulfonamides is 1. The Balaban J connectivity index is 1.89. The molecule has 2 N–H and O–H groups in total. The average molecular weight is 411 g/mol. The molecule has 0 amide bonds. The van der Waals surface area contributed by atoms with E-state index in [-0.39, 0.29) is 17.1 Å². The van der Waals surface area contributed by atoms with E-state index in [1.807, 2.05) is 48.7 Å². The highest BCUT2D eigenvalue weighted by Gasteiger charge is 2.19. The molecule has 0 atom stereocenters. The van der Waals surface area contributed by atoms with Gasteiger partial charge in [-0.15, -0.1) is 0 Å². The summed E-state index contributed by atoms with van der Waals surface area (Å²) in [7, 11) is -4.03. The van der Waals surface area contributed by atoms with Gasteiger partial charge in [-0.2, -0.15) is 0 Å². The van der Waals surface area contributed by atoms with Gasteiger partial charge in [0.2, 0.25) is 10.0 Å². The van der Waals surface area contributed by atoms with Crippen LogP contribution in [0.15, 0.2) is 53.7 Å². The van der Waals surface area contributed by atoms with Crippen molar-refractivity contribution in [2.45, 2.75) is 25.3 Å². The highest BCUT2D eigenvalue weighted by atomic mass is 32.2. The molecule has 4 rings (SSSR count). The smallest absolute Gasteiger partial charge is 0.239 e. The molecule has 0 fully saturated rings. The number of pyridine rings is 2. The number of fused-ring (bicyclic) bond motifs is 1. The van der Waals surface area contributed by atoms with Gasteiger partial charge in [0, 0.05) is 17.5 Å². The zero-order chi connectivity index (χ0) is 20.8. The van der Waals surface area contributed by atoms with Crippen molar-refractivity contribution in [1.82, 2.24) is 19.5 Å². The lowest BCUT2D eigenvalue weighted by Crippen LogP contribution is -2.14. The molecule has 3 aromatic heterocycles. The van der Waals surface area contributed by atoms with Gasteiger partial charge in [-0.25, -0.2) is 22.9 Å². The fourth-order valence-electron chi connectivity index (χ4n) is 3.35. The lowest BCUT2D eigenvalue weighted by atomic mass is 10.0. The summed E-state index contributed by atoms with van der Waals surface area (Å²) in [6, 6.07) is 10.7. The molecule has 0 aliphatic rings. The summed E-state index contributed by atoms with van der Waals surface area (Å²) >= 11 is 0. The second kappa shape index (κ2) is 7.02. The summed E-state index contributed by atoms with van der Waals surface area (Å²) in [6.45, 7) is 3.82. The lowest BCUT2D eigenvalue weighted by Gasteiger charge is -2.13. The van der Waals surface area contributed by atoms with Crippen molar-refractivity contribution in [3.63, 3.8) is 0 Å². The van der Waals surface area contributed by atoms with E-state index in [9.17, 15) is 12.8 Å². The second-order valence-electron chi connectivity index (χ2n) is 6.71. The molecular formula is C20H18FN5O2S. The first-order chi connectivity index (χ1) is 13.8. The van der Waals surface area contributed by atoms with Gasteiger partial charge in [-0.1, -0.05) is 30.3 Å². The predicted octanol–water partition coefficient (Wildman–Crippen LogP) is 2.94. The number of aryl methyl sites for hydroxylation is 2. The Hall–Kier alpha value is -3.17. The first-order valence-electron chi connectivity index (χ1n) is 8.81. The van der Waals surface area contributed by atoms with E-state index in [1.54, 1.807) is 6.20 Å². The molecule has 0 saturated heterocycles. The van der Waals surface area contributed by atoms with Crippen LogP contribution in [0.1, 0.15) is 17.2 Å². The first-order valence-corrected chi connectivity index (χ1v) is 10.4. The maximum atomic E-state index is 14.6. The molecule has 1 aromatic carbocycles. The third-order valence-electron chi connectivity index (χ3n) is 4.76. The molecule has 0 aliphatic carbocycles. The fourth-order valence-corrected chi connectivity index (χ4v) is 3.82. The summed E-state index contributed by atoms with van der Waals surface area (Å²) < 4.78 is 39.3. The van der Waals surface area contributed by atoms with Crippen molar-refractivity contribution in [3.8, 4) is 11.1 Å². The molecule has 0 aliphatic heterocycles. The Bertz CT molecular complexity index is 1330. The minimum Gasteiger partial charge on any atom is -0.321 e.